The zero-order chi connectivity index (χ0) is 32.3. The molecule has 0 fully saturated rings. The molecule has 0 bridgehead atoms. The van der Waals surface area contributed by atoms with Crippen LogP contribution in [0.1, 0.15) is 90.9 Å². The van der Waals surface area contributed by atoms with E-state index in [4.69, 9.17) is 10.2 Å². The maximum absolute atomic E-state index is 10.7. The third-order valence-electron chi connectivity index (χ3n) is 7.26. The first-order valence-electron chi connectivity index (χ1n) is 14.9. The summed E-state index contributed by atoms with van der Waals surface area (Å²) < 4.78 is 0.230. The van der Waals surface area contributed by atoms with Crippen molar-refractivity contribution in [2.24, 2.45) is 0 Å². The molecule has 0 aliphatic rings. The Bertz CT molecular complexity index is 719. The second-order valence-corrected chi connectivity index (χ2v) is 10.7. The van der Waals surface area contributed by atoms with Crippen LogP contribution in [0, 0.1) is 0 Å². The monoisotopic (exact) mass is 642 g/mol. The quantitative estimate of drug-likeness (QED) is 0.0342. The van der Waals surface area contributed by atoms with Crippen molar-refractivity contribution in [1.29, 1.82) is 0 Å². The van der Waals surface area contributed by atoms with E-state index in [1.807, 2.05) is 26.0 Å². The Morgan fingerprint density at radius 3 is 1.14 bits per heavy atom. The van der Waals surface area contributed by atoms with E-state index in [2.05, 4.69) is 12.2 Å². The van der Waals surface area contributed by atoms with E-state index < -0.39 is 23.9 Å². The van der Waals surface area contributed by atoms with Gasteiger partial charge in [-0.3, -0.25) is 9.59 Å². The standard InChI is InChI=1S/2C15H27NO5.Ca/c2*1-2-3-4-5-6-7-10-16(13-17,11-8-14(18)19)12-9-15(20)21;/h2*2-3,17H,4-13H2,1H3,(H-,18,19,20,21);/q;;+2/b2*3-2+;. The summed E-state index contributed by atoms with van der Waals surface area (Å²) in [4.78, 5) is 42.7. The van der Waals surface area contributed by atoms with Gasteiger partial charge < -0.3 is 49.2 Å². The van der Waals surface area contributed by atoms with E-state index in [1.54, 1.807) is 0 Å². The molecule has 0 heterocycles. The van der Waals surface area contributed by atoms with Gasteiger partial charge in [0.15, 0.2) is 13.5 Å². The number of aliphatic hydroxyl groups excluding tert-OH is 2. The molecule has 0 aromatic carbocycles. The molecular weight excluding hydrogens is 588 g/mol. The maximum atomic E-state index is 10.7. The normalized spacial score (nSPS) is 13.9. The van der Waals surface area contributed by atoms with Gasteiger partial charge in [-0.05, 0) is 65.2 Å². The van der Waals surface area contributed by atoms with Gasteiger partial charge in [-0.25, -0.2) is 0 Å². The number of carboxylic acids is 4. The number of carboxylic acid groups (broad SMARTS) is 4. The first-order valence-corrected chi connectivity index (χ1v) is 14.9. The van der Waals surface area contributed by atoms with E-state index in [9.17, 15) is 39.6 Å². The molecule has 0 aromatic rings. The number of aliphatic carboxylic acids is 4. The summed E-state index contributed by atoms with van der Waals surface area (Å²) in [6, 6.07) is 0. The Kier molecular flexibility index (Phi) is 31.1. The third-order valence-corrected chi connectivity index (χ3v) is 7.26. The first-order chi connectivity index (χ1) is 19.9. The summed E-state index contributed by atoms with van der Waals surface area (Å²) in [5.74, 6) is -4.22. The van der Waals surface area contributed by atoms with E-state index in [-0.39, 0.29) is 112 Å². The summed E-state index contributed by atoms with van der Waals surface area (Å²) in [5.41, 5.74) is 0. The molecular formula is C30H54CaN2O10+2. The number of carbonyl (C=O) groups excluding carboxylic acids is 2. The van der Waals surface area contributed by atoms with Gasteiger partial charge in [-0.15, -0.1) is 0 Å². The Morgan fingerprint density at radius 1 is 0.558 bits per heavy atom. The first kappa shape index (κ1) is 45.9. The maximum Gasteiger partial charge on any atom is 2.00 e. The number of hydrogen-bond donors (Lipinski definition) is 4. The van der Waals surface area contributed by atoms with Gasteiger partial charge in [-0.2, -0.15) is 0 Å². The molecule has 12 nitrogen and oxygen atoms in total. The molecule has 2 atom stereocenters. The minimum Gasteiger partial charge on any atom is -0.550 e. The van der Waals surface area contributed by atoms with Crippen molar-refractivity contribution in [3.05, 3.63) is 24.3 Å². The molecule has 0 rings (SSSR count). The average molecular weight is 643 g/mol. The molecule has 43 heavy (non-hydrogen) atoms. The van der Waals surface area contributed by atoms with Crippen LogP contribution in [0.4, 0.5) is 0 Å². The van der Waals surface area contributed by atoms with Crippen molar-refractivity contribution in [3.8, 4) is 0 Å². The second kappa shape index (κ2) is 29.2. The number of carbonyl (C=O) groups is 4. The van der Waals surface area contributed by atoms with Gasteiger partial charge in [0.2, 0.25) is 0 Å². The van der Waals surface area contributed by atoms with Crippen molar-refractivity contribution < 1.29 is 58.8 Å². The molecule has 0 radical (unpaired) electrons. The van der Waals surface area contributed by atoms with Crippen molar-refractivity contribution >= 4 is 61.6 Å². The van der Waals surface area contributed by atoms with Crippen LogP contribution in [0.15, 0.2) is 24.3 Å². The van der Waals surface area contributed by atoms with Gasteiger partial charge in [0.1, 0.15) is 0 Å². The van der Waals surface area contributed by atoms with Crippen LogP contribution in [-0.2, 0) is 19.2 Å². The van der Waals surface area contributed by atoms with E-state index in [0.29, 0.717) is 13.1 Å². The fraction of sp³-hybridized carbons (Fsp3) is 0.733. The molecule has 2 unspecified atom stereocenters. The smallest absolute Gasteiger partial charge is 0.550 e. The second-order valence-electron chi connectivity index (χ2n) is 10.7. The number of nitrogens with zero attached hydrogens (tertiary/aromatic N) is 2. The summed E-state index contributed by atoms with van der Waals surface area (Å²) in [6.45, 7) is 5.55. The molecule has 244 valence electrons. The number of aliphatic hydroxyl groups is 2. The molecule has 0 saturated heterocycles. The number of unbranched alkanes of at least 4 members (excludes halogenated alkanes) is 6. The van der Waals surface area contributed by atoms with Crippen molar-refractivity contribution in [1.82, 2.24) is 0 Å². The van der Waals surface area contributed by atoms with Gasteiger partial charge in [-0.1, -0.05) is 24.3 Å². The molecule has 0 aliphatic heterocycles. The summed E-state index contributed by atoms with van der Waals surface area (Å²) in [6.07, 6.45) is 15.4. The number of rotatable bonds is 26. The predicted octanol–water partition coefficient (Wildman–Crippen LogP) is 0.628. The molecule has 0 aliphatic carbocycles. The van der Waals surface area contributed by atoms with Crippen LogP contribution < -0.4 is 10.2 Å². The Hall–Kier alpha value is -1.54. The van der Waals surface area contributed by atoms with Gasteiger partial charge in [0.25, 0.3) is 0 Å². The third kappa shape index (κ3) is 27.7. The Balaban J connectivity index is -0.000000727. The molecule has 4 N–H and O–H groups in total. The molecule has 0 spiro atoms. The molecule has 13 heteroatoms. The summed E-state index contributed by atoms with van der Waals surface area (Å²) >= 11 is 0. The van der Waals surface area contributed by atoms with Gasteiger partial charge >= 0.3 is 49.7 Å². The van der Waals surface area contributed by atoms with Crippen LogP contribution in [0.2, 0.25) is 0 Å². The molecule has 0 aromatic heterocycles. The van der Waals surface area contributed by atoms with Crippen molar-refractivity contribution in [3.63, 3.8) is 0 Å². The summed E-state index contributed by atoms with van der Waals surface area (Å²) in [7, 11) is 0. The average Bonchev–Trinajstić information content (AvgIpc) is 2.95. The zero-order valence-corrected chi connectivity index (χ0v) is 28.5. The van der Waals surface area contributed by atoms with Crippen molar-refractivity contribution in [2.75, 3.05) is 52.7 Å². The van der Waals surface area contributed by atoms with Gasteiger partial charge in [0.05, 0.1) is 52.1 Å². The van der Waals surface area contributed by atoms with Crippen LogP contribution in [-0.4, -0.2) is 144 Å². The fourth-order valence-electron chi connectivity index (χ4n) is 4.52. The van der Waals surface area contributed by atoms with Crippen LogP contribution in [0.25, 0.3) is 0 Å². The number of allylic oxidation sites excluding steroid dienone is 4. The minimum atomic E-state index is -1.17. The molecule has 0 saturated carbocycles. The van der Waals surface area contributed by atoms with Gasteiger partial charge in [0, 0.05) is 24.8 Å². The predicted molar refractivity (Wildman–Crippen MR) is 160 cm³/mol. The topological polar surface area (TPSA) is 195 Å². The van der Waals surface area contributed by atoms with E-state index in [0.717, 1.165) is 51.4 Å². The SMILES string of the molecule is C/C=C/CCCCC[N+](CO)(CCC(=O)[O-])CCC(=O)O.C/C=C/CCCCC[N+](CO)(CCC(=O)[O-])CCC(=O)O.[Ca+2]. The summed E-state index contributed by atoms with van der Waals surface area (Å²) in [5, 5.41) is 58.0. The zero-order valence-electron chi connectivity index (χ0n) is 26.3. The number of hydrogen-bond acceptors (Lipinski definition) is 8. The molecule has 0 amide bonds. The number of quaternary nitrogens is 2. The van der Waals surface area contributed by atoms with E-state index >= 15 is 0 Å². The minimum absolute atomic E-state index is 0. The van der Waals surface area contributed by atoms with Crippen LogP contribution >= 0.6 is 0 Å². The van der Waals surface area contributed by atoms with E-state index in [1.165, 1.54) is 0 Å². The largest absolute Gasteiger partial charge is 2.00 e. The Labute approximate surface area is 286 Å². The van der Waals surface area contributed by atoms with Crippen molar-refractivity contribution in [2.45, 2.75) is 90.9 Å². The van der Waals surface area contributed by atoms with Crippen LogP contribution in [0.5, 0.6) is 0 Å². The van der Waals surface area contributed by atoms with Crippen LogP contribution in [0.3, 0.4) is 0 Å². The fourth-order valence-corrected chi connectivity index (χ4v) is 4.52. The Morgan fingerprint density at radius 2 is 0.884 bits per heavy atom.